The van der Waals surface area contributed by atoms with Gasteiger partial charge in [-0.1, -0.05) is 35.9 Å². The molecule has 0 aliphatic rings. The molecule has 0 heterocycles. The Labute approximate surface area is 171 Å². The molecule has 0 fully saturated rings. The average molecular weight is 403 g/mol. The second-order valence-corrected chi connectivity index (χ2v) is 7.14. The molecular weight excluding hydrogens is 376 g/mol. The van der Waals surface area contributed by atoms with Crippen molar-refractivity contribution in [2.24, 2.45) is 0 Å². The van der Waals surface area contributed by atoms with Gasteiger partial charge in [0.15, 0.2) is 6.61 Å². The molecule has 2 rings (SSSR count). The van der Waals surface area contributed by atoms with Crippen molar-refractivity contribution in [3.05, 3.63) is 64.2 Å². The van der Waals surface area contributed by atoms with E-state index in [2.05, 4.69) is 5.32 Å². The summed E-state index contributed by atoms with van der Waals surface area (Å²) < 4.78 is 5.76. The van der Waals surface area contributed by atoms with E-state index in [-0.39, 0.29) is 18.4 Å². The van der Waals surface area contributed by atoms with E-state index < -0.39 is 6.04 Å². The van der Waals surface area contributed by atoms with Gasteiger partial charge in [0.1, 0.15) is 11.8 Å². The molecule has 0 aliphatic carbocycles. The van der Waals surface area contributed by atoms with Gasteiger partial charge >= 0.3 is 0 Å². The largest absolute Gasteiger partial charge is 0.483 e. The molecule has 5 nitrogen and oxygen atoms in total. The minimum atomic E-state index is -0.620. The number of nitrogens with zero attached hydrogens (tertiary/aromatic N) is 1. The Bertz CT molecular complexity index is 821. The number of aryl methyl sites for hydroxylation is 1. The summed E-state index contributed by atoms with van der Waals surface area (Å²) in [7, 11) is 0. The van der Waals surface area contributed by atoms with Gasteiger partial charge in [-0.25, -0.2) is 0 Å². The minimum Gasteiger partial charge on any atom is -0.483 e. The second-order valence-electron chi connectivity index (χ2n) is 6.71. The smallest absolute Gasteiger partial charge is 0.261 e. The van der Waals surface area contributed by atoms with E-state index in [1.165, 1.54) is 4.90 Å². The first kappa shape index (κ1) is 21.8. The Kier molecular flexibility index (Phi) is 7.88. The van der Waals surface area contributed by atoms with Crippen molar-refractivity contribution < 1.29 is 14.3 Å². The van der Waals surface area contributed by atoms with Crippen LogP contribution in [0.2, 0.25) is 5.02 Å². The van der Waals surface area contributed by atoms with E-state index in [1.807, 2.05) is 51.1 Å². The summed E-state index contributed by atoms with van der Waals surface area (Å²) in [5.41, 5.74) is 2.98. The maximum atomic E-state index is 12.9. The van der Waals surface area contributed by atoms with Gasteiger partial charge in [0, 0.05) is 18.1 Å². The summed E-state index contributed by atoms with van der Waals surface area (Å²) in [6.45, 7) is 8.18. The lowest BCUT2D eigenvalue weighted by Crippen LogP contribution is -2.49. The van der Waals surface area contributed by atoms with Crippen LogP contribution in [0.4, 0.5) is 0 Å². The Morgan fingerprint density at radius 3 is 2.46 bits per heavy atom. The predicted octanol–water partition coefficient (Wildman–Crippen LogP) is 3.89. The quantitative estimate of drug-likeness (QED) is 0.728. The molecule has 0 spiro atoms. The Balaban J connectivity index is 2.16. The van der Waals surface area contributed by atoms with Crippen LogP contribution in [0, 0.1) is 13.8 Å². The lowest BCUT2D eigenvalue weighted by atomic mass is 10.1. The third-order valence-electron chi connectivity index (χ3n) is 4.69. The molecule has 0 aliphatic heterocycles. The van der Waals surface area contributed by atoms with Crippen LogP contribution in [0.15, 0.2) is 42.5 Å². The van der Waals surface area contributed by atoms with E-state index in [0.29, 0.717) is 23.9 Å². The van der Waals surface area contributed by atoms with Crippen LogP contribution in [-0.4, -0.2) is 35.9 Å². The molecule has 6 heteroatoms. The minimum absolute atomic E-state index is 0.137. The van der Waals surface area contributed by atoms with E-state index in [1.54, 1.807) is 19.1 Å². The zero-order valence-electron chi connectivity index (χ0n) is 16.8. The zero-order valence-corrected chi connectivity index (χ0v) is 17.5. The maximum Gasteiger partial charge on any atom is 0.261 e. The molecular formula is C22H27ClN2O3. The van der Waals surface area contributed by atoms with E-state index in [0.717, 1.165) is 16.7 Å². The molecule has 0 unspecified atom stereocenters. The monoisotopic (exact) mass is 402 g/mol. The Hall–Kier alpha value is -2.53. The van der Waals surface area contributed by atoms with Gasteiger partial charge in [-0.05, 0) is 62.6 Å². The van der Waals surface area contributed by atoms with Crippen LogP contribution in [0.1, 0.15) is 30.5 Å². The summed E-state index contributed by atoms with van der Waals surface area (Å²) in [5.74, 6) is 0.219. The molecule has 2 aromatic carbocycles. The van der Waals surface area contributed by atoms with Gasteiger partial charge < -0.3 is 15.0 Å². The number of benzene rings is 2. The van der Waals surface area contributed by atoms with Crippen molar-refractivity contribution >= 4 is 23.4 Å². The van der Waals surface area contributed by atoms with E-state index in [4.69, 9.17) is 16.3 Å². The first-order valence-electron chi connectivity index (χ1n) is 9.34. The van der Waals surface area contributed by atoms with Gasteiger partial charge in [0.25, 0.3) is 5.91 Å². The Morgan fingerprint density at radius 2 is 1.82 bits per heavy atom. The summed E-state index contributed by atoms with van der Waals surface area (Å²) in [4.78, 5) is 26.8. The molecule has 2 amide bonds. The first-order valence-corrected chi connectivity index (χ1v) is 9.72. The first-order chi connectivity index (χ1) is 13.3. The highest BCUT2D eigenvalue weighted by Gasteiger charge is 2.26. The predicted molar refractivity (Wildman–Crippen MR) is 112 cm³/mol. The normalized spacial score (nSPS) is 11.6. The zero-order chi connectivity index (χ0) is 20.7. The molecule has 150 valence electrons. The number of ether oxygens (including phenoxy) is 1. The fourth-order valence-electron chi connectivity index (χ4n) is 2.79. The molecule has 0 saturated heterocycles. The standard InChI is InChI=1S/C22H27ClN2O3/c1-5-24-22(27)17(4)25(13-18-9-11-19(23)12-10-18)21(26)14-28-20-8-6-7-15(2)16(20)3/h6-12,17H,5,13-14H2,1-4H3,(H,24,27)/t17-/m0/s1. The second kappa shape index (κ2) is 10.1. The van der Waals surface area contributed by atoms with Crippen molar-refractivity contribution in [3.63, 3.8) is 0 Å². The Morgan fingerprint density at radius 1 is 1.14 bits per heavy atom. The summed E-state index contributed by atoms with van der Waals surface area (Å²) in [6, 6.07) is 12.3. The molecule has 0 radical (unpaired) electrons. The van der Waals surface area contributed by atoms with Gasteiger partial charge in [0.2, 0.25) is 5.91 Å². The van der Waals surface area contributed by atoms with Crippen LogP contribution < -0.4 is 10.1 Å². The molecule has 2 aromatic rings. The number of rotatable bonds is 8. The van der Waals surface area contributed by atoms with Crippen LogP contribution in [0.25, 0.3) is 0 Å². The summed E-state index contributed by atoms with van der Waals surface area (Å²) >= 11 is 5.95. The number of carbonyl (C=O) groups excluding carboxylic acids is 2. The number of hydrogen-bond donors (Lipinski definition) is 1. The topological polar surface area (TPSA) is 58.6 Å². The molecule has 1 N–H and O–H groups in total. The molecule has 0 aromatic heterocycles. The third kappa shape index (κ3) is 5.73. The van der Waals surface area contributed by atoms with Crippen LogP contribution >= 0.6 is 11.6 Å². The number of amides is 2. The highest BCUT2D eigenvalue weighted by molar-refractivity contribution is 6.30. The van der Waals surface area contributed by atoms with Crippen molar-refractivity contribution in [2.45, 2.75) is 40.3 Å². The number of likely N-dealkylation sites (N-methyl/N-ethyl adjacent to an activating group) is 1. The fourth-order valence-corrected chi connectivity index (χ4v) is 2.92. The third-order valence-corrected chi connectivity index (χ3v) is 4.94. The van der Waals surface area contributed by atoms with Crippen molar-refractivity contribution in [3.8, 4) is 5.75 Å². The highest BCUT2D eigenvalue weighted by atomic mass is 35.5. The van der Waals surface area contributed by atoms with Crippen molar-refractivity contribution in [1.29, 1.82) is 0 Å². The van der Waals surface area contributed by atoms with E-state index in [9.17, 15) is 9.59 Å². The molecule has 1 atom stereocenters. The van der Waals surface area contributed by atoms with Crippen molar-refractivity contribution in [2.75, 3.05) is 13.2 Å². The molecule has 0 saturated carbocycles. The lowest BCUT2D eigenvalue weighted by Gasteiger charge is -2.28. The number of hydrogen-bond acceptors (Lipinski definition) is 3. The van der Waals surface area contributed by atoms with Gasteiger partial charge in [-0.3, -0.25) is 9.59 Å². The SMILES string of the molecule is CCNC(=O)[C@H](C)N(Cc1ccc(Cl)cc1)C(=O)COc1cccc(C)c1C. The number of carbonyl (C=O) groups is 2. The maximum absolute atomic E-state index is 12.9. The van der Waals surface area contributed by atoms with Gasteiger partial charge in [-0.15, -0.1) is 0 Å². The van der Waals surface area contributed by atoms with Crippen LogP contribution in [0.5, 0.6) is 5.75 Å². The number of halogens is 1. The van der Waals surface area contributed by atoms with E-state index >= 15 is 0 Å². The van der Waals surface area contributed by atoms with Gasteiger partial charge in [-0.2, -0.15) is 0 Å². The lowest BCUT2D eigenvalue weighted by molar-refractivity contribution is -0.142. The average Bonchev–Trinajstić information content (AvgIpc) is 2.68. The van der Waals surface area contributed by atoms with Gasteiger partial charge in [0.05, 0.1) is 0 Å². The fraction of sp³-hybridized carbons (Fsp3) is 0.364. The highest BCUT2D eigenvalue weighted by Crippen LogP contribution is 2.21. The van der Waals surface area contributed by atoms with Crippen molar-refractivity contribution in [1.82, 2.24) is 10.2 Å². The van der Waals surface area contributed by atoms with Crippen LogP contribution in [-0.2, 0) is 16.1 Å². The number of nitrogens with one attached hydrogen (secondary N) is 1. The van der Waals surface area contributed by atoms with Crippen LogP contribution in [0.3, 0.4) is 0 Å². The molecule has 28 heavy (non-hydrogen) atoms. The summed E-state index contributed by atoms with van der Waals surface area (Å²) in [6.07, 6.45) is 0. The molecule has 0 bridgehead atoms. The summed E-state index contributed by atoms with van der Waals surface area (Å²) in [5, 5.41) is 3.39.